The van der Waals surface area contributed by atoms with Crippen LogP contribution in [0.25, 0.3) is 61.0 Å². The lowest BCUT2D eigenvalue weighted by Gasteiger charge is -2.27. The Morgan fingerprint density at radius 2 is 1.01 bits per heavy atom. The van der Waals surface area contributed by atoms with Crippen molar-refractivity contribution < 1.29 is 4.74 Å². The van der Waals surface area contributed by atoms with Crippen molar-refractivity contribution >= 4 is 44.6 Å². The molecule has 0 radical (unpaired) electrons. The lowest BCUT2D eigenvalue weighted by Crippen LogP contribution is -2.25. The summed E-state index contributed by atoms with van der Waals surface area (Å²) in [7, 11) is 0. The Balaban J connectivity index is 0.940. The standard InChI is InChI=1S/C63H56N4O/c1-42-37-60(64-40-55(42)45-29-33-47(34-30-45)63(5,6)7)67-56-24-12-11-21-53(56)54-36-35-50(39-59(54)67)68-49-20-15-19-48(38-49)65-41-66(58-26-14-13-25-57(58)65)61-51(43-17-9-8-10-18-43)22-16-23-52(61)44-27-31-46(32-28-44)62(2,3)4/h8-40H,41H2,1-7H3. The Bertz CT molecular complexity index is 3480. The molecule has 0 N–H and O–H groups in total. The van der Waals surface area contributed by atoms with Crippen LogP contribution in [0.2, 0.25) is 0 Å². The summed E-state index contributed by atoms with van der Waals surface area (Å²) in [5.41, 5.74) is 17.7. The highest BCUT2D eigenvalue weighted by Crippen LogP contribution is 2.50. The molecule has 3 heterocycles. The van der Waals surface area contributed by atoms with Gasteiger partial charge in [0, 0.05) is 51.5 Å². The first-order chi connectivity index (χ1) is 32.9. The second-order valence-corrected chi connectivity index (χ2v) is 20.2. The maximum absolute atomic E-state index is 6.82. The predicted molar refractivity (Wildman–Crippen MR) is 286 cm³/mol. The van der Waals surface area contributed by atoms with E-state index in [1.807, 2.05) is 12.3 Å². The van der Waals surface area contributed by atoms with E-state index >= 15 is 0 Å². The SMILES string of the molecule is Cc1cc(-n2c3ccccc3c3ccc(Oc4cccc(N5CN(c6c(-c7ccccc7)cccc6-c6ccc(C(C)(C)C)cc6)c6ccccc65)c4)cc32)ncc1-c1ccc(C(C)(C)C)cc1. The van der Waals surface area contributed by atoms with Crippen LogP contribution in [0.1, 0.15) is 58.2 Å². The zero-order valence-electron chi connectivity index (χ0n) is 40.0. The fourth-order valence-corrected chi connectivity index (χ4v) is 9.92. The van der Waals surface area contributed by atoms with Crippen molar-refractivity contribution in [3.63, 3.8) is 0 Å². The van der Waals surface area contributed by atoms with Crippen LogP contribution in [0.4, 0.5) is 22.7 Å². The zero-order valence-corrected chi connectivity index (χ0v) is 40.0. The number of benzene rings is 8. The minimum atomic E-state index is 0.0663. The molecule has 8 aromatic carbocycles. The average molecular weight is 885 g/mol. The molecule has 0 saturated carbocycles. The second kappa shape index (κ2) is 16.8. The molecular formula is C63H56N4O. The molecule has 68 heavy (non-hydrogen) atoms. The van der Waals surface area contributed by atoms with Gasteiger partial charge in [-0.1, -0.05) is 175 Å². The third-order valence-corrected chi connectivity index (χ3v) is 13.6. The van der Waals surface area contributed by atoms with Gasteiger partial charge in [0.15, 0.2) is 0 Å². The summed E-state index contributed by atoms with van der Waals surface area (Å²) in [5, 5.41) is 2.32. The van der Waals surface area contributed by atoms with Gasteiger partial charge in [-0.15, -0.1) is 0 Å². The lowest BCUT2D eigenvalue weighted by atomic mass is 9.86. The van der Waals surface area contributed by atoms with Gasteiger partial charge in [0.05, 0.1) is 28.1 Å². The number of nitrogens with zero attached hydrogens (tertiary/aromatic N) is 4. The Hall–Kier alpha value is -7.89. The van der Waals surface area contributed by atoms with Crippen molar-refractivity contribution in [2.45, 2.75) is 59.3 Å². The second-order valence-electron chi connectivity index (χ2n) is 20.2. The van der Waals surface area contributed by atoms with E-state index in [9.17, 15) is 0 Å². The Morgan fingerprint density at radius 3 is 1.68 bits per heavy atom. The lowest BCUT2D eigenvalue weighted by molar-refractivity contribution is 0.483. The number of ether oxygens (including phenoxy) is 1. The van der Waals surface area contributed by atoms with E-state index < -0.39 is 0 Å². The van der Waals surface area contributed by atoms with Gasteiger partial charge >= 0.3 is 0 Å². The molecule has 1 aliphatic rings. The molecule has 0 saturated heterocycles. The van der Waals surface area contributed by atoms with Crippen molar-refractivity contribution in [2.75, 3.05) is 16.5 Å². The molecule has 0 aliphatic carbocycles. The molecule has 11 rings (SSSR count). The monoisotopic (exact) mass is 884 g/mol. The Labute approximate surface area is 400 Å². The first-order valence-corrected chi connectivity index (χ1v) is 23.7. The van der Waals surface area contributed by atoms with Crippen LogP contribution in [0, 0.1) is 6.92 Å². The smallest absolute Gasteiger partial charge is 0.137 e. The zero-order chi connectivity index (χ0) is 46.7. The van der Waals surface area contributed by atoms with Gasteiger partial charge in [-0.3, -0.25) is 4.57 Å². The number of para-hydroxylation sites is 4. The van der Waals surface area contributed by atoms with Crippen LogP contribution >= 0.6 is 0 Å². The highest BCUT2D eigenvalue weighted by Gasteiger charge is 2.31. The summed E-state index contributed by atoms with van der Waals surface area (Å²) in [4.78, 5) is 9.99. The van der Waals surface area contributed by atoms with Crippen LogP contribution in [-0.4, -0.2) is 16.2 Å². The number of fused-ring (bicyclic) bond motifs is 4. The molecule has 5 heteroatoms. The molecular weight excluding hydrogens is 829 g/mol. The molecule has 2 aromatic heterocycles. The van der Waals surface area contributed by atoms with E-state index in [4.69, 9.17) is 9.72 Å². The van der Waals surface area contributed by atoms with Crippen LogP contribution < -0.4 is 14.5 Å². The van der Waals surface area contributed by atoms with Crippen LogP contribution in [0.5, 0.6) is 11.5 Å². The van der Waals surface area contributed by atoms with E-state index in [2.05, 4.69) is 251 Å². The van der Waals surface area contributed by atoms with Crippen molar-refractivity contribution in [3.05, 3.63) is 217 Å². The van der Waals surface area contributed by atoms with Gasteiger partial charge in [-0.05, 0) is 99.7 Å². The first-order valence-electron chi connectivity index (χ1n) is 23.7. The molecule has 334 valence electrons. The highest BCUT2D eigenvalue weighted by atomic mass is 16.5. The molecule has 0 atom stereocenters. The maximum Gasteiger partial charge on any atom is 0.137 e. The number of hydrogen-bond acceptors (Lipinski definition) is 4. The fraction of sp³-hybridized carbons (Fsp3) is 0.159. The van der Waals surface area contributed by atoms with Crippen molar-refractivity contribution in [2.24, 2.45) is 0 Å². The minimum Gasteiger partial charge on any atom is -0.457 e. The first kappa shape index (κ1) is 42.7. The van der Waals surface area contributed by atoms with E-state index in [1.165, 1.54) is 55.6 Å². The molecule has 0 bridgehead atoms. The van der Waals surface area contributed by atoms with Crippen LogP contribution in [0.15, 0.2) is 200 Å². The molecule has 0 amide bonds. The van der Waals surface area contributed by atoms with Crippen molar-refractivity contribution in [1.82, 2.24) is 9.55 Å². The van der Waals surface area contributed by atoms with E-state index in [1.54, 1.807) is 0 Å². The normalized spacial score (nSPS) is 12.8. The van der Waals surface area contributed by atoms with Gasteiger partial charge in [-0.25, -0.2) is 4.98 Å². The molecule has 0 spiro atoms. The summed E-state index contributed by atoms with van der Waals surface area (Å²) in [6.07, 6.45) is 2.02. The van der Waals surface area contributed by atoms with Gasteiger partial charge in [0.25, 0.3) is 0 Å². The quantitative estimate of drug-likeness (QED) is 0.152. The number of rotatable bonds is 8. The molecule has 1 aliphatic heterocycles. The molecule has 10 aromatic rings. The fourth-order valence-electron chi connectivity index (χ4n) is 9.92. The predicted octanol–water partition coefficient (Wildman–Crippen LogP) is 17.1. The highest BCUT2D eigenvalue weighted by molar-refractivity contribution is 6.09. The van der Waals surface area contributed by atoms with Gasteiger partial charge in [0.1, 0.15) is 24.0 Å². The van der Waals surface area contributed by atoms with Crippen LogP contribution in [-0.2, 0) is 10.8 Å². The van der Waals surface area contributed by atoms with E-state index in [0.29, 0.717) is 6.67 Å². The summed E-state index contributed by atoms with van der Waals surface area (Å²) < 4.78 is 9.09. The third-order valence-electron chi connectivity index (χ3n) is 13.6. The summed E-state index contributed by atoms with van der Waals surface area (Å²) in [6.45, 7) is 16.4. The number of pyridine rings is 1. The number of aryl methyl sites for hydroxylation is 1. The Kier molecular flexibility index (Phi) is 10.5. The van der Waals surface area contributed by atoms with E-state index in [-0.39, 0.29) is 10.8 Å². The number of aromatic nitrogens is 2. The van der Waals surface area contributed by atoms with Crippen molar-refractivity contribution in [3.8, 4) is 50.7 Å². The van der Waals surface area contributed by atoms with Gasteiger partial charge < -0.3 is 14.5 Å². The van der Waals surface area contributed by atoms with Crippen molar-refractivity contribution in [1.29, 1.82) is 0 Å². The molecule has 5 nitrogen and oxygen atoms in total. The van der Waals surface area contributed by atoms with Gasteiger partial charge in [-0.2, -0.15) is 0 Å². The molecule has 0 unspecified atom stereocenters. The topological polar surface area (TPSA) is 33.5 Å². The number of hydrogen-bond donors (Lipinski definition) is 0. The minimum absolute atomic E-state index is 0.0663. The summed E-state index contributed by atoms with van der Waals surface area (Å²) in [5.74, 6) is 2.40. The molecule has 0 fully saturated rings. The van der Waals surface area contributed by atoms with E-state index in [0.717, 1.165) is 56.4 Å². The third kappa shape index (κ3) is 7.78. The largest absolute Gasteiger partial charge is 0.457 e. The summed E-state index contributed by atoms with van der Waals surface area (Å²) in [6, 6.07) is 69.9. The average Bonchev–Trinajstić information content (AvgIpc) is 3.90. The Morgan fingerprint density at radius 1 is 0.456 bits per heavy atom. The summed E-state index contributed by atoms with van der Waals surface area (Å²) >= 11 is 0. The maximum atomic E-state index is 6.82. The van der Waals surface area contributed by atoms with Gasteiger partial charge in [0.2, 0.25) is 0 Å². The number of anilines is 4. The van der Waals surface area contributed by atoms with Crippen LogP contribution in [0.3, 0.4) is 0 Å².